The first-order chi connectivity index (χ1) is 11.1. The summed E-state index contributed by atoms with van der Waals surface area (Å²) in [5, 5.41) is 10.5. The van der Waals surface area contributed by atoms with Gasteiger partial charge in [0.05, 0.1) is 6.61 Å². The number of nitrogens with zero attached hydrogens (tertiary/aromatic N) is 1. The number of anilines is 1. The number of allylic oxidation sites excluding steroid dienone is 1. The summed E-state index contributed by atoms with van der Waals surface area (Å²) in [5.74, 6) is -9.26. The summed E-state index contributed by atoms with van der Waals surface area (Å²) in [7, 11) is 0. The number of halogens is 6. The van der Waals surface area contributed by atoms with Gasteiger partial charge in [-0.1, -0.05) is 0 Å². The van der Waals surface area contributed by atoms with Gasteiger partial charge in [-0.05, 0) is 19.1 Å². The second kappa shape index (κ2) is 7.72. The number of rotatable bonds is 6. The van der Waals surface area contributed by atoms with Crippen molar-refractivity contribution in [3.63, 3.8) is 0 Å². The molecular formula is C14H10F6N2O2. The van der Waals surface area contributed by atoms with Gasteiger partial charge in [0.2, 0.25) is 0 Å². The lowest BCUT2D eigenvalue weighted by Crippen LogP contribution is -2.35. The molecule has 0 heterocycles. The highest BCUT2D eigenvalue weighted by molar-refractivity contribution is 5.94. The molecule has 0 unspecified atom stereocenters. The Bertz CT molecular complexity index is 697. The smallest absolute Gasteiger partial charge is 0.350 e. The van der Waals surface area contributed by atoms with Crippen molar-refractivity contribution in [3.05, 3.63) is 41.1 Å². The van der Waals surface area contributed by atoms with Gasteiger partial charge in [0.1, 0.15) is 11.8 Å². The fraction of sp³-hybridized carbons (Fsp3) is 0.286. The summed E-state index contributed by atoms with van der Waals surface area (Å²) in [6.45, 7) is 1.00. The van der Waals surface area contributed by atoms with E-state index in [9.17, 15) is 31.1 Å². The molecule has 1 rings (SSSR count). The van der Waals surface area contributed by atoms with Crippen LogP contribution in [0.3, 0.4) is 0 Å². The fourth-order valence-corrected chi connectivity index (χ4v) is 1.55. The Kier molecular flexibility index (Phi) is 6.22. The zero-order valence-corrected chi connectivity index (χ0v) is 12.0. The van der Waals surface area contributed by atoms with Gasteiger partial charge in [-0.3, -0.25) is 0 Å². The molecule has 0 bridgehead atoms. The Morgan fingerprint density at radius 3 is 2.42 bits per heavy atom. The van der Waals surface area contributed by atoms with E-state index in [1.54, 1.807) is 5.32 Å². The van der Waals surface area contributed by atoms with Gasteiger partial charge < -0.3 is 10.1 Å². The summed E-state index contributed by atoms with van der Waals surface area (Å²) in [4.78, 5) is 11.5. The number of hydrogen-bond acceptors (Lipinski definition) is 4. The van der Waals surface area contributed by atoms with Gasteiger partial charge in [-0.2, -0.15) is 14.0 Å². The second-order valence-electron chi connectivity index (χ2n) is 4.26. The lowest BCUT2D eigenvalue weighted by molar-refractivity contribution is -0.138. The predicted octanol–water partition coefficient (Wildman–Crippen LogP) is 3.62. The molecule has 4 nitrogen and oxygen atoms in total. The van der Waals surface area contributed by atoms with Gasteiger partial charge in [0.25, 0.3) is 0 Å². The number of esters is 1. The standard InChI is InChI=1S/C14H10F6N2O2/c1-2-24-12(23)8(6-21)11(14(19,20)13(17)18)22-7-3-4-9(15)10(16)5-7/h3-5,13,22H,2H2,1H3. The Labute approximate surface area is 132 Å². The molecule has 1 aromatic carbocycles. The van der Waals surface area contributed by atoms with E-state index in [0.29, 0.717) is 12.1 Å². The summed E-state index contributed by atoms with van der Waals surface area (Å²) in [6.07, 6.45) is -4.27. The number of hydrogen-bond donors (Lipinski definition) is 1. The van der Waals surface area contributed by atoms with Gasteiger partial charge in [0, 0.05) is 11.8 Å². The van der Waals surface area contributed by atoms with Crippen LogP contribution in [-0.2, 0) is 9.53 Å². The Hall–Kier alpha value is -2.70. The van der Waals surface area contributed by atoms with E-state index < -0.39 is 46.9 Å². The normalized spacial score (nSPS) is 12.5. The van der Waals surface area contributed by atoms with Gasteiger partial charge in [-0.15, -0.1) is 0 Å². The molecule has 0 radical (unpaired) electrons. The minimum atomic E-state index is -4.94. The fourth-order valence-electron chi connectivity index (χ4n) is 1.55. The zero-order chi connectivity index (χ0) is 18.5. The van der Waals surface area contributed by atoms with Crippen LogP contribution < -0.4 is 5.32 Å². The molecule has 24 heavy (non-hydrogen) atoms. The van der Waals surface area contributed by atoms with Crippen molar-refractivity contribution in [1.29, 1.82) is 5.26 Å². The SMILES string of the molecule is CCOC(=O)C(C#N)=C(Nc1ccc(F)c(F)c1)C(F)(F)C(F)F. The van der Waals surface area contributed by atoms with E-state index in [2.05, 4.69) is 4.74 Å². The van der Waals surface area contributed by atoms with Crippen molar-refractivity contribution in [2.75, 3.05) is 11.9 Å². The van der Waals surface area contributed by atoms with Crippen LogP contribution in [0.4, 0.5) is 32.0 Å². The molecule has 1 aromatic rings. The van der Waals surface area contributed by atoms with Crippen LogP contribution in [0, 0.1) is 23.0 Å². The zero-order valence-electron chi connectivity index (χ0n) is 12.0. The minimum absolute atomic E-state index is 0.303. The molecule has 0 aliphatic rings. The van der Waals surface area contributed by atoms with E-state index in [1.807, 2.05) is 0 Å². The summed E-state index contributed by atoms with van der Waals surface area (Å²) in [5.41, 5.74) is -3.75. The first kappa shape index (κ1) is 19.3. The topological polar surface area (TPSA) is 62.1 Å². The molecule has 0 aromatic heterocycles. The maximum atomic E-state index is 13.7. The van der Waals surface area contributed by atoms with Crippen LogP contribution in [0.15, 0.2) is 29.5 Å². The molecule has 0 amide bonds. The van der Waals surface area contributed by atoms with Crippen LogP contribution in [0.5, 0.6) is 0 Å². The Balaban J connectivity index is 3.46. The Morgan fingerprint density at radius 1 is 1.33 bits per heavy atom. The maximum Gasteiger partial charge on any atom is 0.350 e. The third-order valence-electron chi connectivity index (χ3n) is 2.64. The first-order valence-corrected chi connectivity index (χ1v) is 6.35. The average molecular weight is 352 g/mol. The number of nitriles is 1. The van der Waals surface area contributed by atoms with Crippen molar-refractivity contribution in [3.8, 4) is 6.07 Å². The largest absolute Gasteiger partial charge is 0.462 e. The highest BCUT2D eigenvalue weighted by Gasteiger charge is 2.48. The molecule has 130 valence electrons. The second-order valence-corrected chi connectivity index (χ2v) is 4.26. The molecule has 0 aliphatic carbocycles. The monoisotopic (exact) mass is 352 g/mol. The van der Waals surface area contributed by atoms with Gasteiger partial charge in [0.15, 0.2) is 17.2 Å². The average Bonchev–Trinajstić information content (AvgIpc) is 2.50. The number of alkyl halides is 4. The van der Waals surface area contributed by atoms with Crippen LogP contribution in [0.2, 0.25) is 0 Å². The molecule has 0 saturated carbocycles. The molecule has 0 saturated heterocycles. The highest BCUT2D eigenvalue weighted by atomic mass is 19.3. The quantitative estimate of drug-likeness (QED) is 0.368. The number of nitrogens with one attached hydrogen (secondary N) is 1. The summed E-state index contributed by atoms with van der Waals surface area (Å²) < 4.78 is 83.0. The molecule has 1 N–H and O–H groups in total. The minimum Gasteiger partial charge on any atom is -0.462 e. The molecular weight excluding hydrogens is 342 g/mol. The van der Waals surface area contributed by atoms with Crippen LogP contribution in [0.25, 0.3) is 0 Å². The van der Waals surface area contributed by atoms with Gasteiger partial charge in [-0.25, -0.2) is 22.4 Å². The predicted molar refractivity (Wildman–Crippen MR) is 70.2 cm³/mol. The third kappa shape index (κ3) is 4.18. The van der Waals surface area contributed by atoms with E-state index in [1.165, 1.54) is 6.92 Å². The number of carbonyl (C=O) groups is 1. The van der Waals surface area contributed by atoms with E-state index in [0.717, 1.165) is 12.1 Å². The number of ether oxygens (including phenoxy) is 1. The lowest BCUT2D eigenvalue weighted by Gasteiger charge is -2.21. The summed E-state index contributed by atoms with van der Waals surface area (Å²) in [6, 6.07) is 2.77. The van der Waals surface area contributed by atoms with Gasteiger partial charge >= 0.3 is 18.3 Å². The van der Waals surface area contributed by atoms with Crippen molar-refractivity contribution < 1.29 is 35.9 Å². The molecule has 10 heteroatoms. The van der Waals surface area contributed by atoms with E-state index in [4.69, 9.17) is 5.26 Å². The summed E-state index contributed by atoms with van der Waals surface area (Å²) >= 11 is 0. The van der Waals surface area contributed by atoms with Crippen LogP contribution in [0.1, 0.15) is 6.92 Å². The van der Waals surface area contributed by atoms with Crippen molar-refractivity contribution in [1.82, 2.24) is 0 Å². The molecule has 0 fully saturated rings. The van der Waals surface area contributed by atoms with E-state index in [-0.39, 0.29) is 6.61 Å². The van der Waals surface area contributed by atoms with Crippen molar-refractivity contribution in [2.24, 2.45) is 0 Å². The lowest BCUT2D eigenvalue weighted by atomic mass is 10.1. The van der Waals surface area contributed by atoms with Crippen molar-refractivity contribution in [2.45, 2.75) is 19.3 Å². The molecule has 0 spiro atoms. The number of carbonyl (C=O) groups excluding carboxylic acids is 1. The highest BCUT2D eigenvalue weighted by Crippen LogP contribution is 2.34. The maximum absolute atomic E-state index is 13.7. The first-order valence-electron chi connectivity index (χ1n) is 6.35. The van der Waals surface area contributed by atoms with Crippen LogP contribution >= 0.6 is 0 Å². The molecule has 0 aliphatic heterocycles. The number of benzene rings is 1. The van der Waals surface area contributed by atoms with Crippen LogP contribution in [-0.4, -0.2) is 24.9 Å². The van der Waals surface area contributed by atoms with E-state index >= 15 is 0 Å². The molecule has 0 atom stereocenters. The third-order valence-corrected chi connectivity index (χ3v) is 2.64. The van der Waals surface area contributed by atoms with Crippen molar-refractivity contribution >= 4 is 11.7 Å². The Morgan fingerprint density at radius 2 is 1.96 bits per heavy atom.